The molecule has 0 amide bonds. The molecule has 0 aliphatic carbocycles. The highest BCUT2D eigenvalue weighted by molar-refractivity contribution is 5.80. The van der Waals surface area contributed by atoms with Gasteiger partial charge in [-0.25, -0.2) is 4.98 Å². The van der Waals surface area contributed by atoms with Gasteiger partial charge in [-0.2, -0.15) is 5.26 Å². The van der Waals surface area contributed by atoms with Crippen LogP contribution in [0.15, 0.2) is 42.5 Å². The predicted molar refractivity (Wildman–Crippen MR) is 71.0 cm³/mol. The summed E-state index contributed by atoms with van der Waals surface area (Å²) in [6.45, 7) is 2.06. The van der Waals surface area contributed by atoms with E-state index in [9.17, 15) is 0 Å². The van der Waals surface area contributed by atoms with Crippen molar-refractivity contribution in [1.29, 1.82) is 5.26 Å². The lowest BCUT2D eigenvalue weighted by Crippen LogP contribution is -1.80. The quantitative estimate of drug-likeness (QED) is 0.700. The van der Waals surface area contributed by atoms with E-state index in [4.69, 9.17) is 5.26 Å². The third kappa shape index (κ3) is 1.74. The molecule has 1 N–H and O–H groups in total. The Morgan fingerprint density at radius 3 is 2.61 bits per heavy atom. The van der Waals surface area contributed by atoms with Crippen LogP contribution in [0.25, 0.3) is 22.4 Å². The number of nitrogens with one attached hydrogen (secondary N) is 1. The summed E-state index contributed by atoms with van der Waals surface area (Å²) in [4.78, 5) is 7.84. The van der Waals surface area contributed by atoms with E-state index in [-0.39, 0.29) is 0 Å². The van der Waals surface area contributed by atoms with Crippen LogP contribution >= 0.6 is 0 Å². The molecule has 0 bridgehead atoms. The van der Waals surface area contributed by atoms with Crippen molar-refractivity contribution in [1.82, 2.24) is 9.97 Å². The average molecular weight is 233 g/mol. The monoisotopic (exact) mass is 233 g/mol. The largest absolute Gasteiger partial charge is 0.338 e. The zero-order valence-corrected chi connectivity index (χ0v) is 9.94. The minimum absolute atomic E-state index is 0.658. The minimum atomic E-state index is 0.658. The summed E-state index contributed by atoms with van der Waals surface area (Å²) >= 11 is 0. The van der Waals surface area contributed by atoms with Crippen LogP contribution in [0.1, 0.15) is 11.1 Å². The van der Waals surface area contributed by atoms with E-state index < -0.39 is 0 Å². The van der Waals surface area contributed by atoms with Crippen LogP contribution in [-0.2, 0) is 0 Å². The maximum absolute atomic E-state index is 8.77. The minimum Gasteiger partial charge on any atom is -0.338 e. The first kappa shape index (κ1) is 10.5. The Bertz CT molecular complexity index is 745. The van der Waals surface area contributed by atoms with Gasteiger partial charge in [0.15, 0.2) is 0 Å². The van der Waals surface area contributed by atoms with Crippen LogP contribution < -0.4 is 0 Å². The van der Waals surface area contributed by atoms with Gasteiger partial charge in [0, 0.05) is 5.56 Å². The lowest BCUT2D eigenvalue weighted by molar-refractivity contribution is 1.33. The molecule has 1 aromatic heterocycles. The molecular weight excluding hydrogens is 222 g/mol. The van der Waals surface area contributed by atoms with Crippen molar-refractivity contribution in [2.24, 2.45) is 0 Å². The number of fused-ring (bicyclic) bond motifs is 1. The number of aryl methyl sites for hydroxylation is 1. The predicted octanol–water partition coefficient (Wildman–Crippen LogP) is 3.41. The van der Waals surface area contributed by atoms with Gasteiger partial charge in [0.2, 0.25) is 0 Å². The van der Waals surface area contributed by atoms with Crippen molar-refractivity contribution in [3.05, 3.63) is 53.6 Å². The van der Waals surface area contributed by atoms with Crippen LogP contribution in [0.5, 0.6) is 0 Å². The molecule has 0 aliphatic heterocycles. The van der Waals surface area contributed by atoms with E-state index in [0.29, 0.717) is 5.56 Å². The molecule has 0 fully saturated rings. The summed E-state index contributed by atoms with van der Waals surface area (Å²) in [6, 6.07) is 15.7. The van der Waals surface area contributed by atoms with Gasteiger partial charge < -0.3 is 4.98 Å². The zero-order valence-electron chi connectivity index (χ0n) is 9.94. The van der Waals surface area contributed by atoms with E-state index in [1.165, 1.54) is 5.56 Å². The lowest BCUT2D eigenvalue weighted by Gasteiger charge is -1.95. The lowest BCUT2D eigenvalue weighted by atomic mass is 10.1. The normalized spacial score (nSPS) is 10.4. The van der Waals surface area contributed by atoms with Crippen molar-refractivity contribution in [2.45, 2.75) is 6.92 Å². The van der Waals surface area contributed by atoms with E-state index in [0.717, 1.165) is 22.4 Å². The van der Waals surface area contributed by atoms with Crippen molar-refractivity contribution in [3.63, 3.8) is 0 Å². The SMILES string of the molecule is Cc1ccc2nc(-c3ccc(C#N)cc3)[nH]c2c1. The zero-order chi connectivity index (χ0) is 12.5. The van der Waals surface area contributed by atoms with Gasteiger partial charge in [0.25, 0.3) is 0 Å². The van der Waals surface area contributed by atoms with Crippen LogP contribution in [0.2, 0.25) is 0 Å². The summed E-state index contributed by atoms with van der Waals surface area (Å²) < 4.78 is 0. The Kier molecular flexibility index (Phi) is 2.35. The number of benzene rings is 2. The van der Waals surface area contributed by atoms with Crippen LogP contribution in [-0.4, -0.2) is 9.97 Å². The van der Waals surface area contributed by atoms with Gasteiger partial charge >= 0.3 is 0 Å². The number of aromatic amines is 1. The second-order valence-electron chi connectivity index (χ2n) is 4.30. The van der Waals surface area contributed by atoms with Gasteiger partial charge in [0.05, 0.1) is 22.7 Å². The third-order valence-electron chi connectivity index (χ3n) is 2.92. The first-order valence-electron chi connectivity index (χ1n) is 5.73. The number of rotatable bonds is 1. The molecule has 2 aromatic carbocycles. The second kappa shape index (κ2) is 4.01. The van der Waals surface area contributed by atoms with Gasteiger partial charge in [-0.15, -0.1) is 0 Å². The fourth-order valence-electron chi connectivity index (χ4n) is 1.96. The summed E-state index contributed by atoms with van der Waals surface area (Å²) in [5.74, 6) is 0.833. The molecule has 3 aromatic rings. The van der Waals surface area contributed by atoms with Crippen LogP contribution in [0.3, 0.4) is 0 Å². The molecule has 0 unspecified atom stereocenters. The molecule has 0 atom stereocenters. The van der Waals surface area contributed by atoms with E-state index in [2.05, 4.69) is 29.0 Å². The summed E-state index contributed by atoms with van der Waals surface area (Å²) in [7, 11) is 0. The first-order valence-corrected chi connectivity index (χ1v) is 5.73. The molecule has 1 heterocycles. The molecule has 3 heteroatoms. The fourth-order valence-corrected chi connectivity index (χ4v) is 1.96. The molecule has 3 nitrogen and oxygen atoms in total. The first-order chi connectivity index (χ1) is 8.76. The molecule has 0 aliphatic rings. The Morgan fingerprint density at radius 2 is 1.89 bits per heavy atom. The summed E-state index contributed by atoms with van der Waals surface area (Å²) in [6.07, 6.45) is 0. The number of hydrogen-bond acceptors (Lipinski definition) is 2. The topological polar surface area (TPSA) is 52.5 Å². The molecule has 0 spiro atoms. The van der Waals surface area contributed by atoms with Gasteiger partial charge in [-0.1, -0.05) is 6.07 Å². The van der Waals surface area contributed by atoms with Crippen molar-refractivity contribution in [2.75, 3.05) is 0 Å². The van der Waals surface area contributed by atoms with E-state index in [1.54, 1.807) is 12.1 Å². The van der Waals surface area contributed by atoms with Gasteiger partial charge in [-0.05, 0) is 48.9 Å². The van der Waals surface area contributed by atoms with Crippen LogP contribution in [0.4, 0.5) is 0 Å². The van der Waals surface area contributed by atoms with Gasteiger partial charge in [-0.3, -0.25) is 0 Å². The number of aromatic nitrogens is 2. The third-order valence-corrected chi connectivity index (χ3v) is 2.92. The maximum atomic E-state index is 8.77. The molecule has 0 saturated heterocycles. The number of imidazole rings is 1. The molecule has 0 radical (unpaired) electrons. The summed E-state index contributed by atoms with van der Waals surface area (Å²) in [5.41, 5.74) is 4.85. The maximum Gasteiger partial charge on any atom is 0.138 e. The number of nitriles is 1. The molecule has 0 saturated carbocycles. The number of H-pyrrole nitrogens is 1. The molecule has 86 valence electrons. The highest BCUT2D eigenvalue weighted by atomic mass is 14.9. The second-order valence-corrected chi connectivity index (χ2v) is 4.30. The number of hydrogen-bond donors (Lipinski definition) is 1. The van der Waals surface area contributed by atoms with Crippen molar-refractivity contribution >= 4 is 11.0 Å². The number of nitrogens with zero attached hydrogens (tertiary/aromatic N) is 2. The van der Waals surface area contributed by atoms with Crippen molar-refractivity contribution < 1.29 is 0 Å². The smallest absolute Gasteiger partial charge is 0.138 e. The average Bonchev–Trinajstić information content (AvgIpc) is 2.81. The van der Waals surface area contributed by atoms with Crippen LogP contribution in [0, 0.1) is 18.3 Å². The Morgan fingerprint density at radius 1 is 1.11 bits per heavy atom. The Labute approximate surface area is 105 Å². The Hall–Kier alpha value is -2.60. The highest BCUT2D eigenvalue weighted by Crippen LogP contribution is 2.21. The fraction of sp³-hybridized carbons (Fsp3) is 0.0667. The van der Waals surface area contributed by atoms with E-state index in [1.807, 2.05) is 24.3 Å². The Balaban J connectivity index is 2.10. The molecular formula is C15H11N3. The molecule has 3 rings (SSSR count). The van der Waals surface area contributed by atoms with Crippen molar-refractivity contribution in [3.8, 4) is 17.5 Å². The highest BCUT2D eigenvalue weighted by Gasteiger charge is 2.05. The van der Waals surface area contributed by atoms with E-state index >= 15 is 0 Å². The summed E-state index contributed by atoms with van der Waals surface area (Å²) in [5, 5.41) is 8.77. The molecule has 18 heavy (non-hydrogen) atoms. The van der Waals surface area contributed by atoms with Gasteiger partial charge in [0.1, 0.15) is 5.82 Å². The standard InChI is InChI=1S/C15H11N3/c1-10-2-7-13-14(8-10)18-15(17-13)12-5-3-11(9-16)4-6-12/h2-8H,1H3,(H,17,18).